The van der Waals surface area contributed by atoms with Gasteiger partial charge in [-0.05, 0) is 37.3 Å². The summed E-state index contributed by atoms with van der Waals surface area (Å²) >= 11 is 0. The first-order chi connectivity index (χ1) is 9.10. The lowest BCUT2D eigenvalue weighted by Crippen LogP contribution is -1.95. The topological polar surface area (TPSA) is 17.1 Å². The Morgan fingerprint density at radius 3 is 2.47 bits per heavy atom. The molecule has 0 heterocycles. The minimum Gasteiger partial charge on any atom is -0.299 e. The molecule has 1 atom stereocenters. The molecule has 1 heteroatoms. The van der Waals surface area contributed by atoms with Gasteiger partial charge in [0.2, 0.25) is 0 Å². The third kappa shape index (κ3) is 12.0. The monoisotopic (exact) mass is 264 g/mol. The Hall–Kier alpha value is -0.810. The van der Waals surface area contributed by atoms with Crippen LogP contribution in [0.15, 0.2) is 17.4 Å². The third-order valence-corrected chi connectivity index (χ3v) is 3.62. The van der Waals surface area contributed by atoms with E-state index < -0.39 is 0 Å². The van der Waals surface area contributed by atoms with Crippen LogP contribution in [0.25, 0.3) is 0 Å². The number of carbonyl (C=O) groups excluding carboxylic acids is 1. The van der Waals surface area contributed by atoms with E-state index in [0.717, 1.165) is 12.3 Å². The summed E-state index contributed by atoms with van der Waals surface area (Å²) in [5.74, 6) is 1.15. The number of allylic oxidation sites excluding steroid dienone is 1. The Balaban J connectivity index is 3.74. The molecule has 0 bridgehead atoms. The van der Waals surface area contributed by atoms with E-state index in [9.17, 15) is 4.79 Å². The van der Waals surface area contributed by atoms with Crippen LogP contribution in [0.2, 0.25) is 0 Å². The van der Waals surface area contributed by atoms with Gasteiger partial charge >= 0.3 is 0 Å². The molecule has 1 unspecified atom stereocenters. The SMILES string of the molecule is CCCCCC(C)CCCC(C)=C=CCC(=O)CC. The van der Waals surface area contributed by atoms with Crippen molar-refractivity contribution in [1.82, 2.24) is 0 Å². The first-order valence-electron chi connectivity index (χ1n) is 8.02. The second kappa shape index (κ2) is 12.2. The van der Waals surface area contributed by atoms with Crippen LogP contribution in [-0.4, -0.2) is 5.78 Å². The molecule has 0 aliphatic heterocycles. The lowest BCUT2D eigenvalue weighted by molar-refractivity contribution is -0.117. The van der Waals surface area contributed by atoms with E-state index in [4.69, 9.17) is 0 Å². The van der Waals surface area contributed by atoms with Gasteiger partial charge in [0.25, 0.3) is 0 Å². The Kier molecular flexibility index (Phi) is 11.7. The first-order valence-corrected chi connectivity index (χ1v) is 8.02. The number of carbonyl (C=O) groups is 1. The molecule has 0 rings (SSSR count). The van der Waals surface area contributed by atoms with E-state index in [1.807, 2.05) is 13.0 Å². The smallest absolute Gasteiger partial charge is 0.137 e. The Bertz CT molecular complexity index is 295. The van der Waals surface area contributed by atoms with Crippen LogP contribution in [0.5, 0.6) is 0 Å². The van der Waals surface area contributed by atoms with Crippen LogP contribution >= 0.6 is 0 Å². The molecule has 0 aromatic heterocycles. The maximum atomic E-state index is 11.1. The van der Waals surface area contributed by atoms with Crippen LogP contribution < -0.4 is 0 Å². The normalized spacial score (nSPS) is 11.8. The van der Waals surface area contributed by atoms with Crippen LogP contribution in [0, 0.1) is 5.92 Å². The van der Waals surface area contributed by atoms with Crippen molar-refractivity contribution in [2.24, 2.45) is 5.92 Å². The fourth-order valence-electron chi connectivity index (χ4n) is 2.16. The van der Waals surface area contributed by atoms with Crippen molar-refractivity contribution in [3.05, 3.63) is 17.4 Å². The summed E-state index contributed by atoms with van der Waals surface area (Å²) in [5.41, 5.74) is 4.53. The summed E-state index contributed by atoms with van der Waals surface area (Å²) in [6.07, 6.45) is 12.2. The first kappa shape index (κ1) is 18.2. The zero-order chi connectivity index (χ0) is 14.5. The lowest BCUT2D eigenvalue weighted by Gasteiger charge is -2.10. The lowest BCUT2D eigenvalue weighted by atomic mass is 9.96. The zero-order valence-electron chi connectivity index (χ0n) is 13.4. The third-order valence-electron chi connectivity index (χ3n) is 3.62. The largest absolute Gasteiger partial charge is 0.299 e. The molecule has 0 aromatic carbocycles. The highest BCUT2D eigenvalue weighted by Gasteiger charge is 2.01. The van der Waals surface area contributed by atoms with Crippen molar-refractivity contribution in [2.75, 3.05) is 0 Å². The minimum atomic E-state index is 0.296. The molecule has 0 amide bonds. The molecule has 0 aliphatic rings. The summed E-state index contributed by atoms with van der Waals surface area (Å²) in [7, 11) is 0. The molecule has 19 heavy (non-hydrogen) atoms. The van der Waals surface area contributed by atoms with Crippen LogP contribution in [-0.2, 0) is 4.79 Å². The standard InChI is InChI=1S/C18H32O/c1-5-7-8-11-16(3)12-9-13-17(4)14-10-15-18(19)6-2/h10,16H,5-9,11-13,15H2,1-4H3. The molecule has 1 nitrogen and oxygen atoms in total. The molecule has 0 N–H and O–H groups in total. The average Bonchev–Trinajstić information content (AvgIpc) is 2.38. The van der Waals surface area contributed by atoms with Gasteiger partial charge in [0.05, 0.1) is 0 Å². The summed E-state index contributed by atoms with van der Waals surface area (Å²) in [4.78, 5) is 11.1. The number of unbranched alkanes of at least 4 members (excludes halogenated alkanes) is 2. The predicted molar refractivity (Wildman–Crippen MR) is 84.3 cm³/mol. The molecule has 0 saturated carbocycles. The fraction of sp³-hybridized carbons (Fsp3) is 0.778. The van der Waals surface area contributed by atoms with Gasteiger partial charge in [0.1, 0.15) is 5.78 Å². The van der Waals surface area contributed by atoms with E-state index in [0.29, 0.717) is 18.6 Å². The van der Waals surface area contributed by atoms with Crippen LogP contribution in [0.3, 0.4) is 0 Å². The van der Waals surface area contributed by atoms with Crippen molar-refractivity contribution in [3.63, 3.8) is 0 Å². The van der Waals surface area contributed by atoms with Crippen LogP contribution in [0.1, 0.15) is 85.5 Å². The molecule has 0 aromatic rings. The summed E-state index contributed by atoms with van der Waals surface area (Å²) in [5, 5.41) is 0. The van der Waals surface area contributed by atoms with Gasteiger partial charge in [0.15, 0.2) is 0 Å². The highest BCUT2D eigenvalue weighted by molar-refractivity contribution is 5.79. The molecule has 0 fully saturated rings. The Labute approximate surface area is 120 Å². The highest BCUT2D eigenvalue weighted by atomic mass is 16.1. The molecular weight excluding hydrogens is 232 g/mol. The number of rotatable bonds is 11. The van der Waals surface area contributed by atoms with Gasteiger partial charge in [-0.3, -0.25) is 4.79 Å². The number of Topliss-reactive ketones (excluding diaryl/α,β-unsaturated/α-hetero) is 1. The molecule has 110 valence electrons. The Morgan fingerprint density at radius 1 is 1.16 bits per heavy atom. The van der Waals surface area contributed by atoms with E-state index >= 15 is 0 Å². The number of hydrogen-bond acceptors (Lipinski definition) is 1. The molecule has 0 spiro atoms. The maximum absolute atomic E-state index is 11.1. The fourth-order valence-corrected chi connectivity index (χ4v) is 2.16. The van der Waals surface area contributed by atoms with E-state index in [2.05, 4.69) is 26.5 Å². The highest BCUT2D eigenvalue weighted by Crippen LogP contribution is 2.17. The van der Waals surface area contributed by atoms with Crippen molar-refractivity contribution in [3.8, 4) is 0 Å². The van der Waals surface area contributed by atoms with Gasteiger partial charge in [-0.25, -0.2) is 0 Å². The predicted octanol–water partition coefficient (Wildman–Crippen LogP) is 5.84. The molecule has 0 aliphatic carbocycles. The van der Waals surface area contributed by atoms with Crippen molar-refractivity contribution >= 4 is 5.78 Å². The number of ketones is 1. The second-order valence-corrected chi connectivity index (χ2v) is 5.72. The van der Waals surface area contributed by atoms with Crippen molar-refractivity contribution < 1.29 is 4.79 Å². The van der Waals surface area contributed by atoms with Gasteiger partial charge in [0, 0.05) is 12.8 Å². The average molecular weight is 264 g/mol. The van der Waals surface area contributed by atoms with Gasteiger partial charge in [-0.15, -0.1) is 5.73 Å². The molecule has 0 saturated heterocycles. The maximum Gasteiger partial charge on any atom is 0.137 e. The molecule has 0 radical (unpaired) electrons. The van der Waals surface area contributed by atoms with E-state index in [-0.39, 0.29) is 0 Å². The zero-order valence-corrected chi connectivity index (χ0v) is 13.4. The molecular formula is C18H32O. The summed E-state index contributed by atoms with van der Waals surface area (Å²) < 4.78 is 0. The van der Waals surface area contributed by atoms with Crippen molar-refractivity contribution in [1.29, 1.82) is 0 Å². The second-order valence-electron chi connectivity index (χ2n) is 5.72. The van der Waals surface area contributed by atoms with Crippen molar-refractivity contribution in [2.45, 2.75) is 85.5 Å². The van der Waals surface area contributed by atoms with Gasteiger partial charge < -0.3 is 0 Å². The summed E-state index contributed by atoms with van der Waals surface area (Å²) in [6, 6.07) is 0. The van der Waals surface area contributed by atoms with E-state index in [1.54, 1.807) is 0 Å². The quantitative estimate of drug-likeness (QED) is 0.338. The Morgan fingerprint density at radius 2 is 1.84 bits per heavy atom. The number of hydrogen-bond donors (Lipinski definition) is 0. The minimum absolute atomic E-state index is 0.296. The van der Waals surface area contributed by atoms with Crippen LogP contribution in [0.4, 0.5) is 0 Å². The van der Waals surface area contributed by atoms with Gasteiger partial charge in [-0.2, -0.15) is 0 Å². The van der Waals surface area contributed by atoms with E-state index in [1.165, 1.54) is 44.1 Å². The summed E-state index contributed by atoms with van der Waals surface area (Å²) in [6.45, 7) is 8.65. The van der Waals surface area contributed by atoms with Gasteiger partial charge in [-0.1, -0.05) is 52.9 Å².